The van der Waals surface area contributed by atoms with Crippen molar-refractivity contribution in [2.75, 3.05) is 0 Å². The Morgan fingerprint density at radius 3 is 2.38 bits per heavy atom. The summed E-state index contributed by atoms with van der Waals surface area (Å²) in [6.07, 6.45) is 1.71. The molecule has 2 aromatic rings. The molecule has 1 aliphatic heterocycles. The van der Waals surface area contributed by atoms with Crippen molar-refractivity contribution in [1.29, 1.82) is 0 Å². The fraction of sp³-hybridized carbons (Fsp3) is 0.0588. The van der Waals surface area contributed by atoms with E-state index in [0.717, 1.165) is 16.7 Å². The molecule has 104 valence electrons. The number of halogens is 1. The Morgan fingerprint density at radius 2 is 1.71 bits per heavy atom. The highest BCUT2D eigenvalue weighted by molar-refractivity contribution is 6.30. The van der Waals surface area contributed by atoms with Crippen molar-refractivity contribution >= 4 is 29.5 Å². The second-order valence-corrected chi connectivity index (χ2v) is 5.19. The molecule has 0 atom stereocenters. The van der Waals surface area contributed by atoms with Crippen LogP contribution in [-0.4, -0.2) is 11.9 Å². The number of esters is 1. The summed E-state index contributed by atoms with van der Waals surface area (Å²) < 4.78 is 5.20. The number of rotatable bonds is 2. The maximum atomic E-state index is 11.9. The summed E-state index contributed by atoms with van der Waals surface area (Å²) in [5.41, 5.74) is 3.09. The summed E-state index contributed by atoms with van der Waals surface area (Å²) in [5.74, 6) is -0.143. The molecule has 0 unspecified atom stereocenters. The van der Waals surface area contributed by atoms with E-state index in [2.05, 4.69) is 4.99 Å². The number of cyclic esters (lactones) is 1. The third-order valence-electron chi connectivity index (χ3n) is 3.09. The lowest BCUT2D eigenvalue weighted by atomic mass is 10.1. The Labute approximate surface area is 127 Å². The zero-order chi connectivity index (χ0) is 14.8. The van der Waals surface area contributed by atoms with Gasteiger partial charge in [0.15, 0.2) is 5.70 Å². The van der Waals surface area contributed by atoms with Gasteiger partial charge in [0.2, 0.25) is 5.90 Å². The summed E-state index contributed by atoms with van der Waals surface area (Å²) in [4.78, 5) is 16.1. The summed E-state index contributed by atoms with van der Waals surface area (Å²) in [6, 6.07) is 14.8. The summed E-state index contributed by atoms with van der Waals surface area (Å²) >= 11 is 5.84. The van der Waals surface area contributed by atoms with Crippen LogP contribution in [0, 0.1) is 6.92 Å². The van der Waals surface area contributed by atoms with Crippen LogP contribution in [0.1, 0.15) is 16.7 Å². The minimum Gasteiger partial charge on any atom is -0.402 e. The molecule has 0 aliphatic carbocycles. The summed E-state index contributed by atoms with van der Waals surface area (Å²) in [5, 5.41) is 0.624. The standard InChI is InChI=1S/C17H12ClNO2/c1-11-2-4-12(5-3-11)10-15-17(20)21-16(19-15)13-6-8-14(18)9-7-13/h2-10H,1H3/b15-10+. The van der Waals surface area contributed by atoms with Crippen LogP contribution >= 0.6 is 11.6 Å². The lowest BCUT2D eigenvalue weighted by molar-refractivity contribution is -0.129. The number of hydrogen-bond acceptors (Lipinski definition) is 3. The molecule has 1 aliphatic rings. The predicted molar refractivity (Wildman–Crippen MR) is 83.2 cm³/mol. The van der Waals surface area contributed by atoms with Crippen molar-refractivity contribution in [1.82, 2.24) is 0 Å². The molecule has 0 fully saturated rings. The second kappa shape index (κ2) is 5.54. The van der Waals surface area contributed by atoms with Gasteiger partial charge < -0.3 is 4.74 Å². The minimum atomic E-state index is -0.444. The largest absolute Gasteiger partial charge is 0.402 e. The molecular weight excluding hydrogens is 286 g/mol. The van der Waals surface area contributed by atoms with Crippen LogP contribution < -0.4 is 0 Å². The van der Waals surface area contributed by atoms with Gasteiger partial charge in [0.25, 0.3) is 0 Å². The van der Waals surface area contributed by atoms with E-state index < -0.39 is 5.97 Å². The Morgan fingerprint density at radius 1 is 1.05 bits per heavy atom. The van der Waals surface area contributed by atoms with Gasteiger partial charge in [-0.3, -0.25) is 0 Å². The SMILES string of the molecule is Cc1ccc(/C=C2/N=C(c3ccc(Cl)cc3)OC2=O)cc1. The average molecular weight is 298 g/mol. The monoisotopic (exact) mass is 297 g/mol. The van der Waals surface area contributed by atoms with Crippen molar-refractivity contribution < 1.29 is 9.53 Å². The van der Waals surface area contributed by atoms with Crippen molar-refractivity contribution in [2.45, 2.75) is 6.92 Å². The maximum absolute atomic E-state index is 11.9. The van der Waals surface area contributed by atoms with Crippen LogP contribution in [0.3, 0.4) is 0 Å². The van der Waals surface area contributed by atoms with Crippen LogP contribution in [0.2, 0.25) is 5.02 Å². The predicted octanol–water partition coefficient (Wildman–Crippen LogP) is 3.99. The van der Waals surface area contributed by atoms with Gasteiger partial charge in [-0.05, 0) is 42.8 Å². The van der Waals surface area contributed by atoms with Crippen molar-refractivity contribution in [3.63, 3.8) is 0 Å². The van der Waals surface area contributed by atoms with E-state index in [0.29, 0.717) is 16.6 Å². The first-order valence-corrected chi connectivity index (χ1v) is 6.85. The molecule has 0 bridgehead atoms. The van der Waals surface area contributed by atoms with Crippen molar-refractivity contribution in [3.05, 3.63) is 75.9 Å². The molecule has 3 nitrogen and oxygen atoms in total. The van der Waals surface area contributed by atoms with E-state index in [1.54, 1.807) is 30.3 Å². The van der Waals surface area contributed by atoms with E-state index in [1.165, 1.54) is 0 Å². The first kappa shape index (κ1) is 13.6. The van der Waals surface area contributed by atoms with Gasteiger partial charge in [-0.2, -0.15) is 0 Å². The Kier molecular flexibility index (Phi) is 3.59. The van der Waals surface area contributed by atoms with Crippen LogP contribution in [0.4, 0.5) is 0 Å². The average Bonchev–Trinajstić information content (AvgIpc) is 2.83. The topological polar surface area (TPSA) is 38.7 Å². The second-order valence-electron chi connectivity index (χ2n) is 4.75. The molecule has 0 saturated heterocycles. The molecule has 0 N–H and O–H groups in total. The van der Waals surface area contributed by atoms with Gasteiger partial charge in [-0.25, -0.2) is 9.79 Å². The van der Waals surface area contributed by atoms with E-state index in [9.17, 15) is 4.79 Å². The number of carbonyl (C=O) groups is 1. The third kappa shape index (κ3) is 3.03. The molecule has 4 heteroatoms. The Balaban J connectivity index is 1.91. The van der Waals surface area contributed by atoms with Crippen LogP contribution in [0.25, 0.3) is 6.08 Å². The number of aryl methyl sites for hydroxylation is 1. The van der Waals surface area contributed by atoms with Gasteiger partial charge in [-0.15, -0.1) is 0 Å². The van der Waals surface area contributed by atoms with Gasteiger partial charge in [0.1, 0.15) is 0 Å². The zero-order valence-electron chi connectivity index (χ0n) is 11.3. The van der Waals surface area contributed by atoms with E-state index in [-0.39, 0.29) is 0 Å². The molecule has 21 heavy (non-hydrogen) atoms. The highest BCUT2D eigenvalue weighted by Gasteiger charge is 2.23. The molecule has 1 heterocycles. The molecule has 0 amide bonds. The number of carbonyl (C=O) groups excluding carboxylic acids is 1. The van der Waals surface area contributed by atoms with Crippen LogP contribution in [-0.2, 0) is 9.53 Å². The number of aliphatic imine (C=N–C) groups is 1. The van der Waals surface area contributed by atoms with Gasteiger partial charge in [0.05, 0.1) is 0 Å². The van der Waals surface area contributed by atoms with E-state index in [1.807, 2.05) is 31.2 Å². The maximum Gasteiger partial charge on any atom is 0.363 e. The number of ether oxygens (including phenoxy) is 1. The van der Waals surface area contributed by atoms with Gasteiger partial charge in [-0.1, -0.05) is 41.4 Å². The van der Waals surface area contributed by atoms with Gasteiger partial charge >= 0.3 is 5.97 Å². The minimum absolute atomic E-state index is 0.295. The fourth-order valence-electron chi connectivity index (χ4n) is 1.95. The highest BCUT2D eigenvalue weighted by atomic mass is 35.5. The first-order valence-electron chi connectivity index (χ1n) is 6.47. The van der Waals surface area contributed by atoms with Crippen molar-refractivity contribution in [2.24, 2.45) is 4.99 Å². The third-order valence-corrected chi connectivity index (χ3v) is 3.34. The lowest BCUT2D eigenvalue weighted by Gasteiger charge is -1.98. The fourth-order valence-corrected chi connectivity index (χ4v) is 2.07. The van der Waals surface area contributed by atoms with Gasteiger partial charge in [0, 0.05) is 10.6 Å². The molecular formula is C17H12ClNO2. The van der Waals surface area contributed by atoms with Crippen molar-refractivity contribution in [3.8, 4) is 0 Å². The Hall–Kier alpha value is -2.39. The lowest BCUT2D eigenvalue weighted by Crippen LogP contribution is -2.05. The molecule has 2 aromatic carbocycles. The summed E-state index contributed by atoms with van der Waals surface area (Å²) in [6.45, 7) is 2.01. The molecule has 0 aromatic heterocycles. The quantitative estimate of drug-likeness (QED) is 0.621. The Bertz CT molecular complexity index is 743. The number of hydrogen-bond donors (Lipinski definition) is 0. The summed E-state index contributed by atoms with van der Waals surface area (Å²) in [7, 11) is 0. The van der Waals surface area contributed by atoms with Crippen LogP contribution in [0.15, 0.2) is 59.2 Å². The first-order chi connectivity index (χ1) is 10.1. The molecule has 0 radical (unpaired) electrons. The normalized spacial score (nSPS) is 16.0. The van der Waals surface area contributed by atoms with E-state index in [4.69, 9.17) is 16.3 Å². The molecule has 3 rings (SSSR count). The number of nitrogens with zero attached hydrogens (tertiary/aromatic N) is 1. The van der Waals surface area contributed by atoms with Crippen LogP contribution in [0.5, 0.6) is 0 Å². The molecule has 0 saturated carbocycles. The smallest absolute Gasteiger partial charge is 0.363 e. The number of benzene rings is 2. The zero-order valence-corrected chi connectivity index (χ0v) is 12.1. The highest BCUT2D eigenvalue weighted by Crippen LogP contribution is 2.20. The van der Waals surface area contributed by atoms with E-state index >= 15 is 0 Å². The molecule has 0 spiro atoms.